The van der Waals surface area contributed by atoms with Crippen LogP contribution in [0.25, 0.3) is 0 Å². The van der Waals surface area contributed by atoms with Gasteiger partial charge in [0.15, 0.2) is 0 Å². The second kappa shape index (κ2) is 5.72. The van der Waals surface area contributed by atoms with E-state index in [0.717, 1.165) is 18.5 Å². The summed E-state index contributed by atoms with van der Waals surface area (Å²) < 4.78 is 0. The molecule has 0 heterocycles. The average Bonchev–Trinajstić information content (AvgIpc) is 1.89. The molecule has 0 amide bonds. The minimum atomic E-state index is 0.722. The molecule has 0 aliphatic rings. The van der Waals surface area contributed by atoms with Gasteiger partial charge in [0, 0.05) is 6.04 Å². The van der Waals surface area contributed by atoms with Crippen LogP contribution in [-0.4, -0.2) is 12.6 Å². The van der Waals surface area contributed by atoms with Gasteiger partial charge in [-0.1, -0.05) is 27.7 Å². The molecule has 0 rings (SSSR count). The molecule has 62 valence electrons. The Balaban J connectivity index is 3.40. The van der Waals surface area contributed by atoms with Crippen LogP contribution in [0.15, 0.2) is 0 Å². The summed E-state index contributed by atoms with van der Waals surface area (Å²) in [5.41, 5.74) is 0. The second-order valence-corrected chi connectivity index (χ2v) is 3.21. The van der Waals surface area contributed by atoms with Crippen molar-refractivity contribution in [3.8, 4) is 0 Å². The summed E-state index contributed by atoms with van der Waals surface area (Å²) in [5, 5.41) is 3.52. The van der Waals surface area contributed by atoms with Crippen molar-refractivity contribution in [2.45, 2.75) is 46.6 Å². The molecule has 0 saturated carbocycles. The van der Waals surface area contributed by atoms with Crippen LogP contribution >= 0.6 is 0 Å². The lowest BCUT2D eigenvalue weighted by molar-refractivity contribution is 0.390. The van der Waals surface area contributed by atoms with Gasteiger partial charge in [-0.2, -0.15) is 0 Å². The summed E-state index contributed by atoms with van der Waals surface area (Å²) in [7, 11) is 0. The quantitative estimate of drug-likeness (QED) is 0.623. The van der Waals surface area contributed by atoms with E-state index in [1.165, 1.54) is 12.8 Å². The van der Waals surface area contributed by atoms with Crippen LogP contribution < -0.4 is 5.32 Å². The van der Waals surface area contributed by atoms with E-state index in [1.54, 1.807) is 0 Å². The maximum absolute atomic E-state index is 3.52. The van der Waals surface area contributed by atoms with Gasteiger partial charge in [0.1, 0.15) is 0 Å². The first-order valence-corrected chi connectivity index (χ1v) is 4.45. The molecule has 10 heavy (non-hydrogen) atoms. The molecule has 1 heteroatoms. The highest BCUT2D eigenvalue weighted by Crippen LogP contribution is 2.04. The van der Waals surface area contributed by atoms with Crippen molar-refractivity contribution in [1.29, 1.82) is 0 Å². The van der Waals surface area contributed by atoms with Gasteiger partial charge in [0.25, 0.3) is 0 Å². The Morgan fingerprint density at radius 2 is 1.80 bits per heavy atom. The van der Waals surface area contributed by atoms with Crippen LogP contribution in [0.1, 0.15) is 40.5 Å². The smallest absolute Gasteiger partial charge is 0.00874 e. The van der Waals surface area contributed by atoms with Crippen molar-refractivity contribution in [3.05, 3.63) is 0 Å². The molecule has 0 aromatic heterocycles. The monoisotopic (exact) mass is 143 g/mol. The summed E-state index contributed by atoms with van der Waals surface area (Å²) in [5.74, 6) is 0.775. The summed E-state index contributed by atoms with van der Waals surface area (Å²) in [4.78, 5) is 0. The number of hydrogen-bond donors (Lipinski definition) is 1. The van der Waals surface area contributed by atoms with Crippen molar-refractivity contribution in [2.75, 3.05) is 6.54 Å². The predicted octanol–water partition coefficient (Wildman–Crippen LogP) is 2.42. The fraction of sp³-hybridized carbons (Fsp3) is 1.00. The summed E-state index contributed by atoms with van der Waals surface area (Å²) in [6.45, 7) is 10.2. The lowest BCUT2D eigenvalue weighted by Crippen LogP contribution is -2.33. The van der Waals surface area contributed by atoms with Gasteiger partial charge in [0.2, 0.25) is 0 Å². The third kappa shape index (κ3) is 3.89. The first kappa shape index (κ1) is 9.96. The van der Waals surface area contributed by atoms with Gasteiger partial charge >= 0.3 is 0 Å². The van der Waals surface area contributed by atoms with Crippen LogP contribution in [0.2, 0.25) is 0 Å². The van der Waals surface area contributed by atoms with E-state index in [2.05, 4.69) is 33.0 Å². The molecule has 0 fully saturated rings. The molecule has 1 N–H and O–H groups in total. The van der Waals surface area contributed by atoms with Gasteiger partial charge < -0.3 is 5.32 Å². The van der Waals surface area contributed by atoms with E-state index in [4.69, 9.17) is 0 Å². The van der Waals surface area contributed by atoms with Crippen molar-refractivity contribution in [2.24, 2.45) is 5.92 Å². The molecule has 0 unspecified atom stereocenters. The van der Waals surface area contributed by atoms with Gasteiger partial charge in [-0.25, -0.2) is 0 Å². The fourth-order valence-corrected chi connectivity index (χ4v) is 1.18. The summed E-state index contributed by atoms with van der Waals surface area (Å²) >= 11 is 0. The molecular weight excluding hydrogens is 122 g/mol. The highest BCUT2D eigenvalue weighted by molar-refractivity contribution is 4.67. The van der Waals surface area contributed by atoms with Crippen LogP contribution in [0, 0.1) is 5.92 Å². The Labute approximate surface area is 65.2 Å². The molecule has 0 aliphatic carbocycles. The van der Waals surface area contributed by atoms with Gasteiger partial charge in [-0.05, 0) is 25.3 Å². The Morgan fingerprint density at radius 3 is 2.10 bits per heavy atom. The van der Waals surface area contributed by atoms with E-state index >= 15 is 0 Å². The highest BCUT2D eigenvalue weighted by atomic mass is 14.9. The van der Waals surface area contributed by atoms with Crippen LogP contribution in [0.3, 0.4) is 0 Å². The zero-order valence-electron chi connectivity index (χ0n) is 7.78. The fourth-order valence-electron chi connectivity index (χ4n) is 1.18. The van der Waals surface area contributed by atoms with E-state index in [-0.39, 0.29) is 0 Å². The zero-order chi connectivity index (χ0) is 7.98. The van der Waals surface area contributed by atoms with E-state index < -0.39 is 0 Å². The minimum absolute atomic E-state index is 0.722. The largest absolute Gasteiger partial charge is 0.314 e. The van der Waals surface area contributed by atoms with Crippen molar-refractivity contribution in [1.82, 2.24) is 5.32 Å². The molecule has 0 spiro atoms. The molecule has 0 aromatic carbocycles. The SMILES string of the molecule is CCCN[C@H](CC)C(C)C. The maximum Gasteiger partial charge on any atom is 0.00874 e. The van der Waals surface area contributed by atoms with Crippen LogP contribution in [0.5, 0.6) is 0 Å². The van der Waals surface area contributed by atoms with E-state index in [0.29, 0.717) is 0 Å². The third-order valence-electron chi connectivity index (χ3n) is 1.90. The topological polar surface area (TPSA) is 12.0 Å². The zero-order valence-corrected chi connectivity index (χ0v) is 7.78. The van der Waals surface area contributed by atoms with Crippen molar-refractivity contribution >= 4 is 0 Å². The third-order valence-corrected chi connectivity index (χ3v) is 1.90. The Bertz CT molecular complexity index is 69.1. The lowest BCUT2D eigenvalue weighted by Gasteiger charge is -2.19. The highest BCUT2D eigenvalue weighted by Gasteiger charge is 2.07. The standard InChI is InChI=1S/C9H21N/c1-5-7-10-9(6-2)8(3)4/h8-10H,5-7H2,1-4H3/t9-/m1/s1. The second-order valence-electron chi connectivity index (χ2n) is 3.21. The van der Waals surface area contributed by atoms with Gasteiger partial charge in [-0.3, -0.25) is 0 Å². The number of nitrogens with one attached hydrogen (secondary N) is 1. The normalized spacial score (nSPS) is 14.1. The van der Waals surface area contributed by atoms with Crippen LogP contribution in [-0.2, 0) is 0 Å². The summed E-state index contributed by atoms with van der Waals surface area (Å²) in [6.07, 6.45) is 2.49. The molecule has 1 atom stereocenters. The molecule has 0 aromatic rings. The Morgan fingerprint density at radius 1 is 1.20 bits per heavy atom. The van der Waals surface area contributed by atoms with Gasteiger partial charge in [0.05, 0.1) is 0 Å². The van der Waals surface area contributed by atoms with E-state index in [1.807, 2.05) is 0 Å². The number of hydrogen-bond acceptors (Lipinski definition) is 1. The molecule has 0 aliphatic heterocycles. The first-order chi connectivity index (χ1) is 4.72. The molecule has 1 nitrogen and oxygen atoms in total. The van der Waals surface area contributed by atoms with Gasteiger partial charge in [-0.15, -0.1) is 0 Å². The molecular formula is C9H21N. The van der Waals surface area contributed by atoms with Crippen molar-refractivity contribution < 1.29 is 0 Å². The molecule has 0 saturated heterocycles. The van der Waals surface area contributed by atoms with E-state index in [9.17, 15) is 0 Å². The Hall–Kier alpha value is -0.0400. The maximum atomic E-state index is 3.52. The number of rotatable bonds is 5. The van der Waals surface area contributed by atoms with Crippen molar-refractivity contribution in [3.63, 3.8) is 0 Å². The Kier molecular flexibility index (Phi) is 5.70. The minimum Gasteiger partial charge on any atom is -0.314 e. The molecule has 0 radical (unpaired) electrons. The van der Waals surface area contributed by atoms with Crippen LogP contribution in [0.4, 0.5) is 0 Å². The average molecular weight is 143 g/mol. The lowest BCUT2D eigenvalue weighted by atomic mass is 10.0. The summed E-state index contributed by atoms with van der Waals surface area (Å²) in [6, 6.07) is 0.722. The predicted molar refractivity (Wildman–Crippen MR) is 47.2 cm³/mol. The molecule has 0 bridgehead atoms. The first-order valence-electron chi connectivity index (χ1n) is 4.45.